The molecule has 1 atom stereocenters. The molecule has 0 spiro atoms. The molecule has 2 fully saturated rings. The highest BCUT2D eigenvalue weighted by atomic mass is 16.2. The number of aromatic amines is 1. The molecule has 3 aromatic rings. The fourth-order valence-electron chi connectivity index (χ4n) is 4.65. The van der Waals surface area contributed by atoms with Crippen molar-refractivity contribution >= 4 is 28.4 Å². The van der Waals surface area contributed by atoms with Crippen LogP contribution < -0.4 is 10.5 Å². The SMILES string of the molecule is Cc1ccc(N2C[C@H](C(=O)N3CCN(Cc4nc5ccccc5c(=O)[nH]4)CC3)CC2=O)cc1. The van der Waals surface area contributed by atoms with Crippen LogP contribution in [0.25, 0.3) is 10.9 Å². The summed E-state index contributed by atoms with van der Waals surface area (Å²) in [5.74, 6) is 0.384. The van der Waals surface area contributed by atoms with Crippen LogP contribution >= 0.6 is 0 Å². The molecule has 3 heterocycles. The summed E-state index contributed by atoms with van der Waals surface area (Å²) in [7, 11) is 0. The number of nitrogens with zero attached hydrogens (tertiary/aromatic N) is 4. The van der Waals surface area contributed by atoms with Gasteiger partial charge in [0.2, 0.25) is 11.8 Å². The molecule has 0 unspecified atom stereocenters. The zero-order chi connectivity index (χ0) is 22.9. The van der Waals surface area contributed by atoms with E-state index in [9.17, 15) is 14.4 Å². The van der Waals surface area contributed by atoms with E-state index in [0.717, 1.165) is 11.3 Å². The number of para-hydroxylation sites is 1. The lowest BCUT2D eigenvalue weighted by Gasteiger charge is -2.35. The van der Waals surface area contributed by atoms with Crippen LogP contribution in [0, 0.1) is 12.8 Å². The third kappa shape index (κ3) is 4.39. The van der Waals surface area contributed by atoms with Gasteiger partial charge in [0.25, 0.3) is 5.56 Å². The molecule has 2 aliphatic heterocycles. The molecular formula is C25H27N5O3. The van der Waals surface area contributed by atoms with Crippen LogP contribution in [0.15, 0.2) is 53.3 Å². The molecule has 1 aromatic heterocycles. The van der Waals surface area contributed by atoms with E-state index < -0.39 is 0 Å². The van der Waals surface area contributed by atoms with Gasteiger partial charge in [-0.3, -0.25) is 19.3 Å². The number of benzene rings is 2. The van der Waals surface area contributed by atoms with Crippen molar-refractivity contribution in [1.29, 1.82) is 0 Å². The Hall–Kier alpha value is -3.52. The summed E-state index contributed by atoms with van der Waals surface area (Å²) in [5, 5.41) is 0.586. The predicted octanol–water partition coefficient (Wildman–Crippen LogP) is 1.93. The van der Waals surface area contributed by atoms with Crippen LogP contribution in [0.5, 0.6) is 0 Å². The number of aryl methyl sites for hydroxylation is 1. The second-order valence-corrected chi connectivity index (χ2v) is 8.87. The zero-order valence-electron chi connectivity index (χ0n) is 18.7. The summed E-state index contributed by atoms with van der Waals surface area (Å²) < 4.78 is 0. The third-order valence-electron chi connectivity index (χ3n) is 6.54. The molecule has 8 nitrogen and oxygen atoms in total. The summed E-state index contributed by atoms with van der Waals surface area (Å²) in [4.78, 5) is 51.2. The van der Waals surface area contributed by atoms with Crippen LogP contribution in [-0.4, -0.2) is 64.3 Å². The summed E-state index contributed by atoms with van der Waals surface area (Å²) in [5.41, 5.74) is 2.55. The molecule has 8 heteroatoms. The predicted molar refractivity (Wildman–Crippen MR) is 126 cm³/mol. The first-order valence-corrected chi connectivity index (χ1v) is 11.3. The summed E-state index contributed by atoms with van der Waals surface area (Å²) in [6.45, 7) is 5.58. The van der Waals surface area contributed by atoms with Crippen LogP contribution in [0.2, 0.25) is 0 Å². The maximum Gasteiger partial charge on any atom is 0.258 e. The van der Waals surface area contributed by atoms with Crippen molar-refractivity contribution < 1.29 is 9.59 Å². The van der Waals surface area contributed by atoms with Gasteiger partial charge in [-0.25, -0.2) is 4.98 Å². The highest BCUT2D eigenvalue weighted by Gasteiger charge is 2.37. The van der Waals surface area contributed by atoms with Crippen molar-refractivity contribution in [2.24, 2.45) is 5.92 Å². The molecule has 2 aromatic carbocycles. The Labute approximate surface area is 191 Å². The zero-order valence-corrected chi connectivity index (χ0v) is 18.7. The molecule has 0 saturated carbocycles. The van der Waals surface area contributed by atoms with Crippen molar-refractivity contribution in [3.8, 4) is 0 Å². The molecule has 5 rings (SSSR count). The Balaban J connectivity index is 1.18. The number of carbonyl (C=O) groups excluding carboxylic acids is 2. The van der Waals surface area contributed by atoms with Gasteiger partial charge in [0.05, 0.1) is 23.4 Å². The lowest BCUT2D eigenvalue weighted by molar-refractivity contribution is -0.137. The number of carbonyl (C=O) groups is 2. The number of piperazine rings is 1. The van der Waals surface area contributed by atoms with E-state index in [2.05, 4.69) is 14.9 Å². The van der Waals surface area contributed by atoms with E-state index in [0.29, 0.717) is 56.0 Å². The molecule has 1 N–H and O–H groups in total. The molecule has 2 saturated heterocycles. The van der Waals surface area contributed by atoms with Gasteiger partial charge in [-0.2, -0.15) is 0 Å². The van der Waals surface area contributed by atoms with Gasteiger partial charge < -0.3 is 14.8 Å². The first kappa shape index (κ1) is 21.3. The summed E-state index contributed by atoms with van der Waals surface area (Å²) in [6.07, 6.45) is 0.259. The molecule has 0 aliphatic carbocycles. The number of H-pyrrole nitrogens is 1. The maximum atomic E-state index is 13.1. The number of amides is 2. The van der Waals surface area contributed by atoms with Crippen LogP contribution in [0.3, 0.4) is 0 Å². The van der Waals surface area contributed by atoms with Crippen molar-refractivity contribution in [1.82, 2.24) is 19.8 Å². The lowest BCUT2D eigenvalue weighted by Crippen LogP contribution is -2.50. The first-order chi connectivity index (χ1) is 16.0. The minimum Gasteiger partial charge on any atom is -0.340 e. The van der Waals surface area contributed by atoms with E-state index >= 15 is 0 Å². The van der Waals surface area contributed by atoms with Crippen LogP contribution in [-0.2, 0) is 16.1 Å². The molecule has 33 heavy (non-hydrogen) atoms. The minimum absolute atomic E-state index is 0.00201. The average Bonchev–Trinajstić information content (AvgIpc) is 3.21. The van der Waals surface area contributed by atoms with Crippen molar-refractivity contribution in [3.63, 3.8) is 0 Å². The normalized spacial score (nSPS) is 19.4. The molecule has 0 bridgehead atoms. The Morgan fingerprint density at radius 3 is 2.52 bits per heavy atom. The van der Waals surface area contributed by atoms with Crippen molar-refractivity contribution in [2.75, 3.05) is 37.6 Å². The van der Waals surface area contributed by atoms with Gasteiger partial charge in [-0.15, -0.1) is 0 Å². The summed E-state index contributed by atoms with van der Waals surface area (Å²) in [6, 6.07) is 15.1. The lowest BCUT2D eigenvalue weighted by atomic mass is 10.1. The molecule has 170 valence electrons. The van der Waals surface area contributed by atoms with Crippen LogP contribution in [0.1, 0.15) is 17.8 Å². The fourth-order valence-corrected chi connectivity index (χ4v) is 4.65. The highest BCUT2D eigenvalue weighted by Crippen LogP contribution is 2.27. The minimum atomic E-state index is -0.302. The smallest absolute Gasteiger partial charge is 0.258 e. The standard InChI is InChI=1S/C25H27N5O3/c1-17-6-8-19(9-7-17)30-15-18(14-23(30)31)25(33)29-12-10-28(11-13-29)16-22-26-21-5-3-2-4-20(21)24(32)27-22/h2-9,18H,10-16H2,1H3,(H,26,27,32)/t18-/m1/s1. The second-order valence-electron chi connectivity index (χ2n) is 8.87. The number of rotatable bonds is 4. The monoisotopic (exact) mass is 445 g/mol. The third-order valence-corrected chi connectivity index (χ3v) is 6.54. The topological polar surface area (TPSA) is 89.6 Å². The van der Waals surface area contributed by atoms with Crippen molar-refractivity contribution in [2.45, 2.75) is 19.9 Å². The Morgan fingerprint density at radius 1 is 1.03 bits per heavy atom. The molecule has 2 amide bonds. The van der Waals surface area contributed by atoms with E-state index in [4.69, 9.17) is 0 Å². The van der Waals surface area contributed by atoms with Crippen LogP contribution in [0.4, 0.5) is 5.69 Å². The Kier molecular flexibility index (Phi) is 5.68. The Bertz CT molecular complexity index is 1240. The molecule has 2 aliphatic rings. The van der Waals surface area contributed by atoms with Gasteiger partial charge in [0, 0.05) is 44.8 Å². The highest BCUT2D eigenvalue weighted by molar-refractivity contribution is 6.00. The maximum absolute atomic E-state index is 13.1. The molecule has 0 radical (unpaired) electrons. The fraction of sp³-hybridized carbons (Fsp3) is 0.360. The number of aromatic nitrogens is 2. The van der Waals surface area contributed by atoms with Gasteiger partial charge in [-0.05, 0) is 31.2 Å². The van der Waals surface area contributed by atoms with Crippen molar-refractivity contribution in [3.05, 3.63) is 70.3 Å². The van der Waals surface area contributed by atoms with Gasteiger partial charge in [-0.1, -0.05) is 29.8 Å². The molecular weight excluding hydrogens is 418 g/mol. The largest absolute Gasteiger partial charge is 0.340 e. The number of anilines is 1. The number of hydrogen-bond donors (Lipinski definition) is 1. The number of fused-ring (bicyclic) bond motifs is 1. The number of nitrogens with one attached hydrogen (secondary N) is 1. The van der Waals surface area contributed by atoms with E-state index in [1.165, 1.54) is 0 Å². The van der Waals surface area contributed by atoms with E-state index in [-0.39, 0.29) is 29.7 Å². The number of hydrogen-bond acceptors (Lipinski definition) is 5. The van der Waals surface area contributed by atoms with Gasteiger partial charge >= 0.3 is 0 Å². The van der Waals surface area contributed by atoms with E-state index in [1.54, 1.807) is 11.0 Å². The average molecular weight is 446 g/mol. The first-order valence-electron chi connectivity index (χ1n) is 11.3. The van der Waals surface area contributed by atoms with Gasteiger partial charge in [0.15, 0.2) is 0 Å². The quantitative estimate of drug-likeness (QED) is 0.663. The Morgan fingerprint density at radius 2 is 1.76 bits per heavy atom. The van der Waals surface area contributed by atoms with Gasteiger partial charge in [0.1, 0.15) is 5.82 Å². The van der Waals surface area contributed by atoms with E-state index in [1.807, 2.05) is 54.3 Å². The summed E-state index contributed by atoms with van der Waals surface area (Å²) >= 11 is 0. The second kappa shape index (κ2) is 8.78.